The topological polar surface area (TPSA) is 93.3 Å². The quantitative estimate of drug-likeness (QED) is 0.571. The first-order valence-electron chi connectivity index (χ1n) is 5.60. The number of hydrogen-bond acceptors (Lipinski definition) is 6. The van der Waals surface area contributed by atoms with Crippen molar-refractivity contribution in [3.05, 3.63) is 41.0 Å². The second-order valence-electron chi connectivity index (χ2n) is 3.67. The van der Waals surface area contributed by atoms with Crippen molar-refractivity contribution in [3.63, 3.8) is 0 Å². The summed E-state index contributed by atoms with van der Waals surface area (Å²) in [5, 5.41) is 9.29. The van der Waals surface area contributed by atoms with Gasteiger partial charge in [0.1, 0.15) is 10.8 Å². The molecule has 0 spiro atoms. The average Bonchev–Trinajstić information content (AvgIpc) is 2.43. The summed E-state index contributed by atoms with van der Waals surface area (Å²) in [5.41, 5.74) is 3.18. The number of anilines is 1. The van der Waals surface area contributed by atoms with Crippen LogP contribution >= 0.6 is 11.6 Å². The molecule has 4 N–H and O–H groups in total. The Balaban J connectivity index is 2.30. The molecule has 0 bridgehead atoms. The highest BCUT2D eigenvalue weighted by Crippen LogP contribution is 2.29. The zero-order valence-electron chi connectivity index (χ0n) is 10.0. The van der Waals surface area contributed by atoms with E-state index in [1.165, 1.54) is 6.20 Å². The number of nitrogen functional groups attached to an aromatic ring is 1. The first-order chi connectivity index (χ1) is 9.24. The van der Waals surface area contributed by atoms with Crippen LogP contribution in [-0.4, -0.2) is 21.7 Å². The maximum atomic E-state index is 9.01. The van der Waals surface area contributed by atoms with E-state index in [9.17, 15) is 0 Å². The van der Waals surface area contributed by atoms with Gasteiger partial charge < -0.3 is 9.84 Å². The van der Waals surface area contributed by atoms with Gasteiger partial charge in [-0.15, -0.1) is 0 Å². The lowest BCUT2D eigenvalue weighted by atomic mass is 10.1. The molecule has 19 heavy (non-hydrogen) atoms. The molecule has 2 rings (SSSR count). The van der Waals surface area contributed by atoms with Gasteiger partial charge in [-0.05, 0) is 18.1 Å². The zero-order valence-corrected chi connectivity index (χ0v) is 10.8. The highest BCUT2D eigenvalue weighted by atomic mass is 35.5. The second-order valence-corrected chi connectivity index (χ2v) is 4.08. The predicted molar refractivity (Wildman–Crippen MR) is 72.2 cm³/mol. The normalized spacial score (nSPS) is 10.3. The molecule has 2 aromatic rings. The molecule has 0 unspecified atom stereocenters. The van der Waals surface area contributed by atoms with E-state index >= 15 is 0 Å². The van der Waals surface area contributed by atoms with Gasteiger partial charge in [0.05, 0.1) is 6.20 Å². The van der Waals surface area contributed by atoms with Crippen molar-refractivity contribution in [3.8, 4) is 11.6 Å². The van der Waals surface area contributed by atoms with Crippen molar-refractivity contribution in [2.24, 2.45) is 5.84 Å². The fraction of sp³-hybridized carbons (Fsp3) is 0.167. The summed E-state index contributed by atoms with van der Waals surface area (Å²) in [5.74, 6) is 6.23. The van der Waals surface area contributed by atoms with Crippen molar-refractivity contribution < 1.29 is 9.84 Å². The van der Waals surface area contributed by atoms with Crippen molar-refractivity contribution in [2.75, 3.05) is 12.0 Å². The average molecular weight is 281 g/mol. The zero-order chi connectivity index (χ0) is 13.7. The lowest BCUT2D eigenvalue weighted by Crippen LogP contribution is -2.10. The number of nitrogens with one attached hydrogen (secondary N) is 1. The van der Waals surface area contributed by atoms with Crippen LogP contribution < -0.4 is 16.0 Å². The van der Waals surface area contributed by atoms with Gasteiger partial charge in [0.15, 0.2) is 0 Å². The number of hydrazine groups is 1. The van der Waals surface area contributed by atoms with Gasteiger partial charge in [-0.3, -0.25) is 5.43 Å². The SMILES string of the molecule is NNc1ncc(Cl)c(Oc2ccccc2CCO)n1. The van der Waals surface area contributed by atoms with Gasteiger partial charge >= 0.3 is 0 Å². The van der Waals surface area contributed by atoms with E-state index < -0.39 is 0 Å². The van der Waals surface area contributed by atoms with Crippen LogP contribution in [0.1, 0.15) is 5.56 Å². The summed E-state index contributed by atoms with van der Waals surface area (Å²) in [4.78, 5) is 7.88. The fourth-order valence-electron chi connectivity index (χ4n) is 1.53. The third-order valence-corrected chi connectivity index (χ3v) is 2.66. The highest BCUT2D eigenvalue weighted by molar-refractivity contribution is 6.31. The maximum Gasteiger partial charge on any atom is 0.243 e. The highest BCUT2D eigenvalue weighted by Gasteiger charge is 2.10. The molecular weight excluding hydrogens is 268 g/mol. The smallest absolute Gasteiger partial charge is 0.243 e. The number of aromatic nitrogens is 2. The molecule has 0 amide bonds. The number of benzene rings is 1. The molecule has 6 nitrogen and oxygen atoms in total. The number of halogens is 1. The van der Waals surface area contributed by atoms with Crippen LogP contribution in [0, 0.1) is 0 Å². The van der Waals surface area contributed by atoms with Gasteiger partial charge in [0.2, 0.25) is 11.8 Å². The molecule has 0 fully saturated rings. The van der Waals surface area contributed by atoms with E-state index in [-0.39, 0.29) is 23.5 Å². The molecule has 1 aromatic heterocycles. The third-order valence-electron chi connectivity index (χ3n) is 2.40. The van der Waals surface area contributed by atoms with E-state index in [2.05, 4.69) is 15.4 Å². The minimum atomic E-state index is 0.0352. The van der Waals surface area contributed by atoms with E-state index in [0.717, 1.165) is 5.56 Å². The number of nitrogens with two attached hydrogens (primary N) is 1. The lowest BCUT2D eigenvalue weighted by Gasteiger charge is -2.11. The van der Waals surface area contributed by atoms with Crippen LogP contribution in [0.3, 0.4) is 0 Å². The Kier molecular flexibility index (Phi) is 4.51. The first-order valence-corrected chi connectivity index (χ1v) is 5.98. The van der Waals surface area contributed by atoms with E-state index in [1.807, 2.05) is 18.2 Å². The number of para-hydroxylation sites is 1. The molecule has 0 saturated carbocycles. The van der Waals surface area contributed by atoms with Crippen LogP contribution in [0.5, 0.6) is 11.6 Å². The molecule has 1 aromatic carbocycles. The maximum absolute atomic E-state index is 9.01. The Bertz CT molecular complexity index is 565. The van der Waals surface area contributed by atoms with Gasteiger partial charge in [0.25, 0.3) is 0 Å². The van der Waals surface area contributed by atoms with E-state index in [4.69, 9.17) is 27.3 Å². The van der Waals surface area contributed by atoms with Crippen LogP contribution in [0.15, 0.2) is 30.5 Å². The van der Waals surface area contributed by atoms with Crippen molar-refractivity contribution in [1.82, 2.24) is 9.97 Å². The number of aliphatic hydroxyl groups is 1. The van der Waals surface area contributed by atoms with Gasteiger partial charge in [-0.25, -0.2) is 10.8 Å². The minimum Gasteiger partial charge on any atom is -0.437 e. The Morgan fingerprint density at radius 1 is 1.37 bits per heavy atom. The second kappa shape index (κ2) is 6.33. The predicted octanol–water partition coefficient (Wildman–Crippen LogP) is 1.74. The Labute approximate surface area is 115 Å². The number of nitrogens with zero attached hydrogens (tertiary/aromatic N) is 2. The standard InChI is InChI=1S/C12H13ClN4O2/c13-9-7-15-12(17-14)16-11(9)19-10-4-2-1-3-8(10)5-6-18/h1-4,7,18H,5-6,14H2,(H,15,16,17). The van der Waals surface area contributed by atoms with Crippen molar-refractivity contribution >= 4 is 17.5 Å². The van der Waals surface area contributed by atoms with Crippen molar-refractivity contribution in [1.29, 1.82) is 0 Å². The Hall–Kier alpha value is -1.89. The van der Waals surface area contributed by atoms with Gasteiger partial charge in [-0.1, -0.05) is 29.8 Å². The molecular formula is C12H13ClN4O2. The molecule has 100 valence electrons. The molecule has 0 aliphatic carbocycles. The molecule has 0 atom stereocenters. The summed E-state index contributed by atoms with van der Waals surface area (Å²) < 4.78 is 5.65. The third kappa shape index (κ3) is 3.31. The summed E-state index contributed by atoms with van der Waals surface area (Å²) >= 11 is 5.96. The number of hydrogen-bond donors (Lipinski definition) is 3. The van der Waals surface area contributed by atoms with Crippen LogP contribution in [0.25, 0.3) is 0 Å². The molecule has 0 aliphatic heterocycles. The van der Waals surface area contributed by atoms with Gasteiger partial charge in [-0.2, -0.15) is 4.98 Å². The number of ether oxygens (including phenoxy) is 1. The summed E-state index contributed by atoms with van der Waals surface area (Å²) in [6, 6.07) is 7.33. The molecule has 7 heteroatoms. The first kappa shape index (κ1) is 13.5. The molecule has 0 saturated heterocycles. The number of rotatable bonds is 5. The Morgan fingerprint density at radius 2 is 2.16 bits per heavy atom. The van der Waals surface area contributed by atoms with Crippen molar-refractivity contribution in [2.45, 2.75) is 6.42 Å². The molecule has 0 aliphatic rings. The number of aliphatic hydroxyl groups excluding tert-OH is 1. The molecule has 1 heterocycles. The van der Waals surface area contributed by atoms with Crippen LogP contribution in [0.2, 0.25) is 5.02 Å². The monoisotopic (exact) mass is 280 g/mol. The summed E-state index contributed by atoms with van der Waals surface area (Å²) in [6.45, 7) is 0.0352. The lowest BCUT2D eigenvalue weighted by molar-refractivity contribution is 0.297. The van der Waals surface area contributed by atoms with Crippen LogP contribution in [-0.2, 0) is 6.42 Å². The summed E-state index contributed by atoms with van der Waals surface area (Å²) in [7, 11) is 0. The van der Waals surface area contributed by atoms with E-state index in [0.29, 0.717) is 12.2 Å². The minimum absolute atomic E-state index is 0.0352. The fourth-order valence-corrected chi connectivity index (χ4v) is 1.66. The molecule has 0 radical (unpaired) electrons. The van der Waals surface area contributed by atoms with Crippen LogP contribution in [0.4, 0.5) is 5.95 Å². The van der Waals surface area contributed by atoms with Gasteiger partial charge in [0, 0.05) is 6.61 Å². The summed E-state index contributed by atoms with van der Waals surface area (Å²) in [6.07, 6.45) is 1.88. The Morgan fingerprint density at radius 3 is 2.89 bits per heavy atom. The largest absolute Gasteiger partial charge is 0.437 e. The van der Waals surface area contributed by atoms with E-state index in [1.54, 1.807) is 6.07 Å².